The lowest BCUT2D eigenvalue weighted by Gasteiger charge is -2.26. The number of aryl methyl sites for hydroxylation is 1. The van der Waals surface area contributed by atoms with E-state index in [9.17, 15) is 0 Å². The third-order valence-corrected chi connectivity index (χ3v) is 4.71. The molecule has 3 heterocycles. The van der Waals surface area contributed by atoms with Crippen LogP contribution >= 0.6 is 0 Å². The monoisotopic (exact) mass is 413 g/mol. The molecule has 1 N–H and O–H groups in total. The van der Waals surface area contributed by atoms with Crippen molar-refractivity contribution < 1.29 is 19.4 Å². The van der Waals surface area contributed by atoms with Gasteiger partial charge in [0.25, 0.3) is 6.47 Å². The average molecular weight is 413 g/mol. The molecule has 1 aromatic carbocycles. The highest BCUT2D eigenvalue weighted by molar-refractivity contribution is 5.59. The molecule has 0 atom stereocenters. The highest BCUT2D eigenvalue weighted by Gasteiger charge is 2.11. The van der Waals surface area contributed by atoms with Gasteiger partial charge < -0.3 is 14.6 Å². The van der Waals surface area contributed by atoms with Gasteiger partial charge in [0.1, 0.15) is 11.6 Å². The molecule has 1 aliphatic rings. The van der Waals surface area contributed by atoms with Gasteiger partial charge in [-0.15, -0.1) is 0 Å². The van der Waals surface area contributed by atoms with E-state index in [-0.39, 0.29) is 6.47 Å². The molecule has 0 radical (unpaired) electrons. The van der Waals surface area contributed by atoms with Crippen molar-refractivity contribution >= 4 is 6.47 Å². The van der Waals surface area contributed by atoms with Crippen LogP contribution in [0.15, 0.2) is 49.1 Å². The van der Waals surface area contributed by atoms with Gasteiger partial charge in [0.2, 0.25) is 0 Å². The second-order valence-corrected chi connectivity index (χ2v) is 6.78. The maximum Gasteiger partial charge on any atom is 0.290 e. The molecule has 0 saturated carbocycles. The fraction of sp³-hybridized carbons (Fsp3) is 0.381. The summed E-state index contributed by atoms with van der Waals surface area (Å²) in [6, 6.07) is 8.11. The van der Waals surface area contributed by atoms with Crippen molar-refractivity contribution in [2.75, 3.05) is 39.5 Å². The Morgan fingerprint density at radius 3 is 2.63 bits per heavy atom. The largest absolute Gasteiger partial charge is 0.494 e. The number of aromatic nitrogens is 4. The topological polar surface area (TPSA) is 94.6 Å². The number of benzene rings is 1. The third kappa shape index (κ3) is 5.91. The molecule has 1 saturated heterocycles. The number of carboxylic acid groups (broad SMARTS) is 1. The molecule has 1 fully saturated rings. The van der Waals surface area contributed by atoms with E-state index in [0.29, 0.717) is 0 Å². The first-order valence-corrected chi connectivity index (χ1v) is 9.85. The highest BCUT2D eigenvalue weighted by atomic mass is 16.5. The molecule has 4 rings (SSSR count). The Kier molecular flexibility index (Phi) is 7.99. The third-order valence-electron chi connectivity index (χ3n) is 4.71. The van der Waals surface area contributed by atoms with E-state index in [4.69, 9.17) is 19.4 Å². The summed E-state index contributed by atoms with van der Waals surface area (Å²) >= 11 is 0. The SMILES string of the molecule is Cn1cc(-n2ccnc2-c2ccc(OCCCN3CCOCC3)cc2)cn1.O=CO. The standard InChI is InChI=1S/C20H25N5O2.CH2O2/c1-23-16-18(15-22-23)25-9-7-21-20(25)17-3-5-19(6-4-17)27-12-2-8-24-10-13-26-14-11-24;2-1-3/h3-7,9,15-16H,2,8,10-14H2,1H3;1H,(H,2,3). The van der Waals surface area contributed by atoms with Crippen molar-refractivity contribution in [2.45, 2.75) is 6.42 Å². The summed E-state index contributed by atoms with van der Waals surface area (Å²) in [5, 5.41) is 11.1. The van der Waals surface area contributed by atoms with E-state index in [1.54, 1.807) is 10.9 Å². The molecule has 0 unspecified atom stereocenters. The van der Waals surface area contributed by atoms with Crippen molar-refractivity contribution in [3.63, 3.8) is 0 Å². The van der Waals surface area contributed by atoms with Crippen LogP contribution in [0.2, 0.25) is 0 Å². The fourth-order valence-corrected chi connectivity index (χ4v) is 3.26. The second-order valence-electron chi connectivity index (χ2n) is 6.78. The number of morpholine rings is 1. The summed E-state index contributed by atoms with van der Waals surface area (Å²) in [5.74, 6) is 1.78. The lowest BCUT2D eigenvalue weighted by Crippen LogP contribution is -2.37. The predicted molar refractivity (Wildman–Crippen MR) is 112 cm³/mol. The minimum atomic E-state index is -0.250. The van der Waals surface area contributed by atoms with E-state index in [2.05, 4.69) is 15.0 Å². The summed E-state index contributed by atoms with van der Waals surface area (Å²) in [6.45, 7) is 5.27. The summed E-state index contributed by atoms with van der Waals surface area (Å²) in [5.41, 5.74) is 2.04. The molecule has 9 heteroatoms. The van der Waals surface area contributed by atoms with E-state index in [1.165, 1.54) is 0 Å². The minimum absolute atomic E-state index is 0.250. The molecular weight excluding hydrogens is 386 g/mol. The molecular formula is C21H27N5O4. The number of carbonyl (C=O) groups is 1. The van der Waals surface area contributed by atoms with Crippen LogP contribution in [0.5, 0.6) is 5.75 Å². The van der Waals surface area contributed by atoms with Crippen molar-refractivity contribution in [3.8, 4) is 22.8 Å². The van der Waals surface area contributed by atoms with Gasteiger partial charge in [0, 0.05) is 50.8 Å². The van der Waals surface area contributed by atoms with E-state index >= 15 is 0 Å². The van der Waals surface area contributed by atoms with E-state index < -0.39 is 0 Å². The van der Waals surface area contributed by atoms with Crippen molar-refractivity contribution in [1.82, 2.24) is 24.2 Å². The molecule has 2 aromatic heterocycles. The zero-order valence-electron chi connectivity index (χ0n) is 17.1. The Labute approximate surface area is 175 Å². The maximum atomic E-state index is 8.36. The minimum Gasteiger partial charge on any atom is -0.494 e. The first-order chi connectivity index (χ1) is 14.7. The predicted octanol–water partition coefficient (Wildman–Crippen LogP) is 2.07. The quantitative estimate of drug-likeness (QED) is 0.468. The van der Waals surface area contributed by atoms with E-state index in [0.717, 1.165) is 68.7 Å². The van der Waals surface area contributed by atoms with Crippen LogP contribution in [-0.4, -0.2) is 75.3 Å². The Balaban J connectivity index is 0.000000806. The fourth-order valence-electron chi connectivity index (χ4n) is 3.26. The van der Waals surface area contributed by atoms with Crippen molar-refractivity contribution in [3.05, 3.63) is 49.1 Å². The summed E-state index contributed by atoms with van der Waals surface area (Å²) < 4.78 is 15.1. The Hall–Kier alpha value is -3.17. The molecule has 3 aromatic rings. The van der Waals surface area contributed by atoms with Gasteiger partial charge in [0.15, 0.2) is 0 Å². The number of rotatable bonds is 7. The van der Waals surface area contributed by atoms with Crippen LogP contribution in [0.4, 0.5) is 0 Å². The summed E-state index contributed by atoms with van der Waals surface area (Å²) in [7, 11) is 1.91. The normalized spacial score (nSPS) is 14.0. The van der Waals surface area contributed by atoms with Gasteiger partial charge in [-0.2, -0.15) is 5.10 Å². The molecule has 30 heavy (non-hydrogen) atoms. The smallest absolute Gasteiger partial charge is 0.290 e. The molecule has 1 aliphatic heterocycles. The van der Waals surface area contributed by atoms with Gasteiger partial charge in [-0.3, -0.25) is 18.9 Å². The molecule has 0 aliphatic carbocycles. The highest BCUT2D eigenvalue weighted by Crippen LogP contribution is 2.23. The zero-order valence-corrected chi connectivity index (χ0v) is 17.1. The molecule has 9 nitrogen and oxygen atoms in total. The van der Waals surface area contributed by atoms with Crippen LogP contribution in [0.25, 0.3) is 17.1 Å². The lowest BCUT2D eigenvalue weighted by molar-refractivity contribution is -0.122. The van der Waals surface area contributed by atoms with Crippen LogP contribution in [0, 0.1) is 0 Å². The number of nitrogens with zero attached hydrogens (tertiary/aromatic N) is 5. The van der Waals surface area contributed by atoms with Crippen LogP contribution in [0.3, 0.4) is 0 Å². The second kappa shape index (κ2) is 11.1. The lowest BCUT2D eigenvalue weighted by atomic mass is 10.2. The number of hydrogen-bond acceptors (Lipinski definition) is 6. The average Bonchev–Trinajstić information content (AvgIpc) is 3.42. The Morgan fingerprint density at radius 1 is 1.23 bits per heavy atom. The summed E-state index contributed by atoms with van der Waals surface area (Å²) in [4.78, 5) is 15.3. The van der Waals surface area contributed by atoms with Crippen LogP contribution in [-0.2, 0) is 16.6 Å². The first kappa shape index (κ1) is 21.5. The summed E-state index contributed by atoms with van der Waals surface area (Å²) in [6.07, 6.45) is 8.57. The molecule has 0 amide bonds. The molecule has 160 valence electrons. The van der Waals surface area contributed by atoms with Gasteiger partial charge in [-0.1, -0.05) is 0 Å². The Morgan fingerprint density at radius 2 is 1.97 bits per heavy atom. The number of ether oxygens (including phenoxy) is 2. The molecule has 0 spiro atoms. The maximum absolute atomic E-state index is 8.36. The van der Waals surface area contributed by atoms with E-state index in [1.807, 2.05) is 54.5 Å². The van der Waals surface area contributed by atoms with Crippen molar-refractivity contribution in [2.24, 2.45) is 7.05 Å². The van der Waals surface area contributed by atoms with Crippen LogP contribution in [0.1, 0.15) is 6.42 Å². The zero-order chi connectivity index (χ0) is 21.2. The van der Waals surface area contributed by atoms with Gasteiger partial charge in [-0.05, 0) is 30.7 Å². The Bertz CT molecular complexity index is 900. The molecule has 0 bridgehead atoms. The number of hydrogen-bond donors (Lipinski definition) is 1. The van der Waals surface area contributed by atoms with Crippen LogP contribution < -0.4 is 4.74 Å². The number of imidazole rings is 1. The van der Waals surface area contributed by atoms with Crippen molar-refractivity contribution in [1.29, 1.82) is 0 Å². The van der Waals surface area contributed by atoms with Gasteiger partial charge in [0.05, 0.1) is 31.7 Å². The first-order valence-electron chi connectivity index (χ1n) is 9.85. The van der Waals surface area contributed by atoms with Gasteiger partial charge >= 0.3 is 0 Å². The van der Waals surface area contributed by atoms with Gasteiger partial charge in [-0.25, -0.2) is 4.98 Å².